The first-order valence-corrected chi connectivity index (χ1v) is 10.6. The predicted molar refractivity (Wildman–Crippen MR) is 118 cm³/mol. The molecule has 0 spiro atoms. The van der Waals surface area contributed by atoms with Gasteiger partial charge in [-0.1, -0.05) is 45.0 Å². The number of benzene rings is 2. The number of nitrogens with zero attached hydrogens (tertiary/aromatic N) is 2. The van der Waals surface area contributed by atoms with E-state index in [1.165, 1.54) is 40.5 Å². The van der Waals surface area contributed by atoms with Crippen molar-refractivity contribution in [3.05, 3.63) is 88.2 Å². The summed E-state index contributed by atoms with van der Waals surface area (Å²) in [4.78, 5) is 31.5. The molecule has 0 unspecified atom stereocenters. The molecule has 2 heterocycles. The van der Waals surface area contributed by atoms with Gasteiger partial charge >= 0.3 is 5.91 Å². The molecule has 5 nitrogen and oxygen atoms in total. The number of aliphatic hydroxyl groups is 1. The number of hydrogen-bond acceptors (Lipinski definition) is 5. The Morgan fingerprint density at radius 1 is 1.06 bits per heavy atom. The van der Waals surface area contributed by atoms with Gasteiger partial charge in [0.1, 0.15) is 11.6 Å². The lowest BCUT2D eigenvalue weighted by molar-refractivity contribution is -0.132. The van der Waals surface area contributed by atoms with Crippen LogP contribution < -0.4 is 4.90 Å². The second-order valence-electron chi connectivity index (χ2n) is 8.36. The summed E-state index contributed by atoms with van der Waals surface area (Å²) in [5, 5.41) is 13.1. The highest BCUT2D eigenvalue weighted by molar-refractivity contribution is 7.14. The van der Waals surface area contributed by atoms with Crippen LogP contribution in [0.4, 0.5) is 9.52 Å². The van der Waals surface area contributed by atoms with E-state index >= 15 is 0 Å². The van der Waals surface area contributed by atoms with Gasteiger partial charge in [-0.2, -0.15) is 0 Å². The first kappa shape index (κ1) is 20.9. The van der Waals surface area contributed by atoms with Gasteiger partial charge in [0.25, 0.3) is 5.78 Å². The summed E-state index contributed by atoms with van der Waals surface area (Å²) < 4.78 is 13.4. The molecule has 31 heavy (non-hydrogen) atoms. The standard InChI is InChI=1S/C24H21FN2O3S/c1-24(2,3)16-8-4-14(5-9-16)19-18(20(28)15-6-10-17(25)11-7-15)21(29)22(30)27(19)23-26-12-13-31-23/h4-13,19,28H,1-3H3/b20-18+/t19-/m0/s1. The number of ketones is 1. The molecule has 7 heteroatoms. The molecular weight excluding hydrogens is 415 g/mol. The summed E-state index contributed by atoms with van der Waals surface area (Å²) in [5.41, 5.74) is 1.92. The van der Waals surface area contributed by atoms with E-state index in [0.29, 0.717) is 10.7 Å². The Kier molecular flexibility index (Phi) is 5.23. The molecule has 3 aromatic rings. The van der Waals surface area contributed by atoms with Crippen molar-refractivity contribution < 1.29 is 19.1 Å². The maximum absolute atomic E-state index is 13.4. The van der Waals surface area contributed by atoms with Gasteiger partial charge in [-0.3, -0.25) is 14.5 Å². The molecule has 1 aliphatic rings. The number of carbonyl (C=O) groups excluding carboxylic acids is 2. The van der Waals surface area contributed by atoms with Gasteiger partial charge in [-0.25, -0.2) is 9.37 Å². The smallest absolute Gasteiger partial charge is 0.301 e. The van der Waals surface area contributed by atoms with Crippen molar-refractivity contribution in [2.75, 3.05) is 4.90 Å². The number of rotatable bonds is 3. The fourth-order valence-corrected chi connectivity index (χ4v) is 4.28. The van der Waals surface area contributed by atoms with E-state index in [9.17, 15) is 19.1 Å². The lowest BCUT2D eigenvalue weighted by Crippen LogP contribution is -2.29. The van der Waals surface area contributed by atoms with Crippen LogP contribution in [0.25, 0.3) is 5.76 Å². The normalized spacial score (nSPS) is 18.6. The number of thiazole rings is 1. The number of Topliss-reactive ketones (excluding diaryl/α,β-unsaturated/α-hetero) is 1. The second kappa shape index (κ2) is 7.74. The van der Waals surface area contributed by atoms with Gasteiger partial charge in [0.05, 0.1) is 11.6 Å². The van der Waals surface area contributed by atoms with E-state index in [2.05, 4.69) is 25.8 Å². The zero-order chi connectivity index (χ0) is 22.3. The van der Waals surface area contributed by atoms with Crippen molar-refractivity contribution in [1.29, 1.82) is 0 Å². The topological polar surface area (TPSA) is 70.5 Å². The molecule has 0 aliphatic carbocycles. The summed E-state index contributed by atoms with van der Waals surface area (Å²) in [5.74, 6) is -2.37. The number of hydrogen-bond donors (Lipinski definition) is 1. The number of carbonyl (C=O) groups is 2. The molecule has 0 saturated carbocycles. The van der Waals surface area contributed by atoms with E-state index in [1.807, 2.05) is 24.3 Å². The molecular formula is C24H21FN2O3S. The Morgan fingerprint density at radius 2 is 1.71 bits per heavy atom. The molecule has 1 aromatic heterocycles. The van der Waals surface area contributed by atoms with E-state index in [0.717, 1.165) is 5.56 Å². The van der Waals surface area contributed by atoms with Crippen molar-refractivity contribution in [3.8, 4) is 0 Å². The summed E-state index contributed by atoms with van der Waals surface area (Å²) in [6.07, 6.45) is 1.55. The van der Waals surface area contributed by atoms with Gasteiger partial charge in [0.2, 0.25) is 0 Å². The monoisotopic (exact) mass is 436 g/mol. The van der Waals surface area contributed by atoms with Crippen LogP contribution in [0.3, 0.4) is 0 Å². The average molecular weight is 437 g/mol. The molecule has 4 rings (SSSR count). The van der Waals surface area contributed by atoms with Crippen LogP contribution >= 0.6 is 11.3 Å². The minimum Gasteiger partial charge on any atom is -0.507 e. The van der Waals surface area contributed by atoms with E-state index in [4.69, 9.17) is 0 Å². The molecule has 1 N–H and O–H groups in total. The van der Waals surface area contributed by atoms with Crippen molar-refractivity contribution in [2.24, 2.45) is 0 Å². The fourth-order valence-electron chi connectivity index (χ4n) is 3.61. The SMILES string of the molecule is CC(C)(C)c1ccc([C@H]2/C(=C(\O)c3ccc(F)cc3)C(=O)C(=O)N2c2nccs2)cc1. The summed E-state index contributed by atoms with van der Waals surface area (Å²) >= 11 is 1.23. The maximum atomic E-state index is 13.4. The molecule has 1 amide bonds. The van der Waals surface area contributed by atoms with Crippen LogP contribution in [0.5, 0.6) is 0 Å². The van der Waals surface area contributed by atoms with Crippen molar-refractivity contribution in [3.63, 3.8) is 0 Å². The zero-order valence-electron chi connectivity index (χ0n) is 17.3. The van der Waals surface area contributed by atoms with Crippen LogP contribution in [-0.4, -0.2) is 21.8 Å². The van der Waals surface area contributed by atoms with Crippen LogP contribution in [0.15, 0.2) is 65.7 Å². The van der Waals surface area contributed by atoms with Crippen molar-refractivity contribution in [2.45, 2.75) is 32.2 Å². The summed E-state index contributed by atoms with van der Waals surface area (Å²) in [6, 6.07) is 11.9. The molecule has 0 radical (unpaired) electrons. The Labute approximate surface area is 183 Å². The van der Waals surface area contributed by atoms with Gasteiger partial charge in [0, 0.05) is 17.1 Å². The number of anilines is 1. The second-order valence-corrected chi connectivity index (χ2v) is 9.24. The molecule has 0 bridgehead atoms. The Morgan fingerprint density at radius 3 is 2.26 bits per heavy atom. The third kappa shape index (κ3) is 3.77. The average Bonchev–Trinajstić information content (AvgIpc) is 3.34. The van der Waals surface area contributed by atoms with Crippen LogP contribution in [0.2, 0.25) is 0 Å². The van der Waals surface area contributed by atoms with E-state index in [-0.39, 0.29) is 22.3 Å². The summed E-state index contributed by atoms with van der Waals surface area (Å²) in [6.45, 7) is 6.29. The van der Waals surface area contributed by atoms with Gasteiger partial charge < -0.3 is 5.11 Å². The minimum absolute atomic E-state index is 0.0460. The molecule has 2 aromatic carbocycles. The Hall–Kier alpha value is -3.32. The quantitative estimate of drug-likeness (QED) is 0.348. The highest BCUT2D eigenvalue weighted by Crippen LogP contribution is 2.43. The van der Waals surface area contributed by atoms with Crippen LogP contribution in [-0.2, 0) is 15.0 Å². The van der Waals surface area contributed by atoms with Gasteiger partial charge in [-0.15, -0.1) is 11.3 Å². The van der Waals surface area contributed by atoms with Crippen molar-refractivity contribution >= 4 is 33.9 Å². The number of aromatic nitrogens is 1. The molecule has 1 fully saturated rings. The Bertz CT molecular complexity index is 1160. The maximum Gasteiger partial charge on any atom is 0.301 e. The lowest BCUT2D eigenvalue weighted by atomic mass is 9.85. The molecule has 1 atom stereocenters. The molecule has 1 saturated heterocycles. The molecule has 158 valence electrons. The number of halogens is 1. The van der Waals surface area contributed by atoms with E-state index < -0.39 is 23.5 Å². The summed E-state index contributed by atoms with van der Waals surface area (Å²) in [7, 11) is 0. The molecule has 1 aliphatic heterocycles. The highest BCUT2D eigenvalue weighted by Gasteiger charge is 2.48. The van der Waals surface area contributed by atoms with Crippen LogP contribution in [0.1, 0.15) is 43.5 Å². The third-order valence-electron chi connectivity index (χ3n) is 5.28. The van der Waals surface area contributed by atoms with Crippen molar-refractivity contribution in [1.82, 2.24) is 4.98 Å². The lowest BCUT2D eigenvalue weighted by Gasteiger charge is -2.24. The van der Waals surface area contributed by atoms with E-state index in [1.54, 1.807) is 11.6 Å². The third-order valence-corrected chi connectivity index (χ3v) is 6.05. The number of amides is 1. The Balaban J connectivity index is 1.90. The largest absolute Gasteiger partial charge is 0.507 e. The first-order chi connectivity index (χ1) is 14.7. The minimum atomic E-state index is -0.842. The zero-order valence-corrected chi connectivity index (χ0v) is 18.1. The fraction of sp³-hybridized carbons (Fsp3) is 0.208. The predicted octanol–water partition coefficient (Wildman–Crippen LogP) is 5.21. The number of aliphatic hydroxyl groups excluding tert-OH is 1. The highest BCUT2D eigenvalue weighted by atomic mass is 32.1. The van der Waals surface area contributed by atoms with Gasteiger partial charge in [0.15, 0.2) is 5.13 Å². The van der Waals surface area contributed by atoms with Gasteiger partial charge in [-0.05, 0) is 40.8 Å². The van der Waals surface area contributed by atoms with Crippen LogP contribution in [0, 0.1) is 5.82 Å². The first-order valence-electron chi connectivity index (χ1n) is 9.75.